The highest BCUT2D eigenvalue weighted by Gasteiger charge is 2.35. The van der Waals surface area contributed by atoms with Gasteiger partial charge in [0, 0.05) is 30.1 Å². The maximum absolute atomic E-state index is 14.4. The molecule has 1 aliphatic heterocycles. The number of amides is 1. The lowest BCUT2D eigenvalue weighted by Crippen LogP contribution is -2.25. The number of nitrogens with zero attached hydrogens (tertiary/aromatic N) is 3. The molecule has 2 heterocycles. The van der Waals surface area contributed by atoms with Gasteiger partial charge in [-0.05, 0) is 49.2 Å². The molecule has 0 radical (unpaired) electrons. The molecule has 5 heteroatoms. The highest BCUT2D eigenvalue weighted by atomic mass is 19.1. The van der Waals surface area contributed by atoms with E-state index in [-0.39, 0.29) is 17.6 Å². The Balaban J connectivity index is 1.55. The third-order valence-electron chi connectivity index (χ3n) is 6.33. The number of hydrogen-bond donors (Lipinski definition) is 0. The van der Waals surface area contributed by atoms with Crippen molar-refractivity contribution in [3.8, 4) is 0 Å². The number of imidazole rings is 1. The van der Waals surface area contributed by atoms with Crippen molar-refractivity contribution >= 4 is 22.6 Å². The Bertz CT molecular complexity index is 1290. The van der Waals surface area contributed by atoms with E-state index in [1.54, 1.807) is 12.1 Å². The maximum Gasteiger partial charge on any atom is 0.227 e. The molecule has 31 heavy (non-hydrogen) atoms. The monoisotopic (exact) mass is 413 g/mol. The molecule has 0 N–H and O–H groups in total. The zero-order chi connectivity index (χ0) is 21.5. The predicted molar refractivity (Wildman–Crippen MR) is 121 cm³/mol. The lowest BCUT2D eigenvalue weighted by molar-refractivity contribution is -0.117. The Labute approximate surface area is 181 Å². The number of carbonyl (C=O) groups excluding carboxylic acids is 1. The highest BCUT2D eigenvalue weighted by Crippen LogP contribution is 2.35. The first-order valence-corrected chi connectivity index (χ1v) is 10.6. The zero-order valence-electron chi connectivity index (χ0n) is 17.7. The molecule has 1 amide bonds. The zero-order valence-corrected chi connectivity index (χ0v) is 17.7. The van der Waals surface area contributed by atoms with Crippen molar-refractivity contribution in [3.05, 3.63) is 95.1 Å². The van der Waals surface area contributed by atoms with Crippen molar-refractivity contribution in [1.82, 2.24) is 9.55 Å². The van der Waals surface area contributed by atoms with E-state index in [0.717, 1.165) is 28.1 Å². The molecule has 1 unspecified atom stereocenters. The number of hydrogen-bond acceptors (Lipinski definition) is 2. The summed E-state index contributed by atoms with van der Waals surface area (Å²) in [4.78, 5) is 19.7. The second-order valence-corrected chi connectivity index (χ2v) is 8.26. The number of anilines is 1. The first-order chi connectivity index (χ1) is 15.0. The van der Waals surface area contributed by atoms with Crippen LogP contribution in [-0.2, 0) is 11.3 Å². The molecule has 0 saturated carbocycles. The van der Waals surface area contributed by atoms with Gasteiger partial charge in [-0.25, -0.2) is 9.37 Å². The van der Waals surface area contributed by atoms with Crippen LogP contribution in [0.5, 0.6) is 0 Å². The van der Waals surface area contributed by atoms with E-state index in [4.69, 9.17) is 4.98 Å². The van der Waals surface area contributed by atoms with Gasteiger partial charge in [-0.2, -0.15) is 0 Å². The maximum atomic E-state index is 14.4. The van der Waals surface area contributed by atoms with Crippen molar-refractivity contribution in [2.75, 3.05) is 11.4 Å². The number of halogens is 1. The van der Waals surface area contributed by atoms with Crippen LogP contribution in [0.3, 0.4) is 0 Å². The molecule has 4 aromatic rings. The Hall–Kier alpha value is -3.47. The van der Waals surface area contributed by atoms with Crippen LogP contribution >= 0.6 is 0 Å². The summed E-state index contributed by atoms with van der Waals surface area (Å²) in [5.74, 6) is 0.658. The summed E-state index contributed by atoms with van der Waals surface area (Å²) in [7, 11) is 0. The van der Waals surface area contributed by atoms with Gasteiger partial charge in [0.05, 0.1) is 17.6 Å². The van der Waals surface area contributed by atoms with E-state index in [2.05, 4.69) is 24.5 Å². The lowest BCUT2D eigenvalue weighted by Gasteiger charge is -2.20. The Morgan fingerprint density at radius 2 is 1.77 bits per heavy atom. The number of rotatable bonds is 4. The quantitative estimate of drug-likeness (QED) is 0.452. The molecule has 1 aliphatic rings. The average Bonchev–Trinajstić information content (AvgIpc) is 3.32. The van der Waals surface area contributed by atoms with Gasteiger partial charge < -0.3 is 9.47 Å². The normalized spacial score (nSPS) is 16.4. The summed E-state index contributed by atoms with van der Waals surface area (Å²) in [5.41, 5.74) is 5.69. The van der Waals surface area contributed by atoms with Gasteiger partial charge in [-0.15, -0.1) is 0 Å². The molecule has 5 rings (SSSR count). The SMILES string of the molecule is Cc1cccc(N2CC(c3nc4ccccc4n3Cc3ccccc3F)CC2=O)c1C. The summed E-state index contributed by atoms with van der Waals surface area (Å²) >= 11 is 0. The average molecular weight is 413 g/mol. The van der Waals surface area contributed by atoms with Crippen LogP contribution < -0.4 is 4.90 Å². The Kier molecular flexibility index (Phi) is 4.81. The van der Waals surface area contributed by atoms with Gasteiger partial charge in [0.25, 0.3) is 0 Å². The molecule has 3 aromatic carbocycles. The van der Waals surface area contributed by atoms with Gasteiger partial charge in [0.1, 0.15) is 11.6 Å². The van der Waals surface area contributed by atoms with E-state index in [9.17, 15) is 9.18 Å². The molecule has 1 atom stereocenters. The fourth-order valence-corrected chi connectivity index (χ4v) is 4.51. The second-order valence-electron chi connectivity index (χ2n) is 8.26. The van der Waals surface area contributed by atoms with Crippen molar-refractivity contribution in [1.29, 1.82) is 0 Å². The van der Waals surface area contributed by atoms with E-state index >= 15 is 0 Å². The van der Waals surface area contributed by atoms with Crippen molar-refractivity contribution < 1.29 is 9.18 Å². The molecule has 1 saturated heterocycles. The Morgan fingerprint density at radius 3 is 2.61 bits per heavy atom. The number of para-hydroxylation sites is 2. The summed E-state index contributed by atoms with van der Waals surface area (Å²) in [6.07, 6.45) is 0.397. The Morgan fingerprint density at radius 1 is 1.00 bits per heavy atom. The van der Waals surface area contributed by atoms with Crippen LogP contribution in [0.15, 0.2) is 66.7 Å². The molecular weight excluding hydrogens is 389 g/mol. The number of aromatic nitrogens is 2. The van der Waals surface area contributed by atoms with Crippen LogP contribution in [0, 0.1) is 19.7 Å². The van der Waals surface area contributed by atoms with Gasteiger partial charge in [0.15, 0.2) is 0 Å². The van der Waals surface area contributed by atoms with Crippen molar-refractivity contribution in [3.63, 3.8) is 0 Å². The van der Waals surface area contributed by atoms with Gasteiger partial charge in [-0.1, -0.05) is 42.5 Å². The first-order valence-electron chi connectivity index (χ1n) is 10.6. The molecule has 1 aromatic heterocycles. The molecular formula is C26H24FN3O. The predicted octanol–water partition coefficient (Wildman–Crippen LogP) is 5.36. The van der Waals surface area contributed by atoms with Crippen LogP contribution in [0.25, 0.3) is 11.0 Å². The van der Waals surface area contributed by atoms with Crippen LogP contribution in [0.4, 0.5) is 10.1 Å². The third-order valence-corrected chi connectivity index (χ3v) is 6.33. The summed E-state index contributed by atoms with van der Waals surface area (Å²) < 4.78 is 16.5. The molecule has 1 fully saturated rings. The van der Waals surface area contributed by atoms with Gasteiger partial charge >= 0.3 is 0 Å². The lowest BCUT2D eigenvalue weighted by atomic mass is 10.1. The van der Waals surface area contributed by atoms with E-state index in [1.165, 1.54) is 11.6 Å². The summed E-state index contributed by atoms with van der Waals surface area (Å²) in [6, 6.07) is 20.8. The van der Waals surface area contributed by atoms with E-state index in [1.807, 2.05) is 47.4 Å². The first kappa shape index (κ1) is 19.5. The van der Waals surface area contributed by atoms with Crippen LogP contribution in [0.1, 0.15) is 34.9 Å². The van der Waals surface area contributed by atoms with Crippen molar-refractivity contribution in [2.24, 2.45) is 0 Å². The topological polar surface area (TPSA) is 38.1 Å². The standard InChI is InChI=1S/C26H24FN3O/c1-17-8-7-13-23(18(17)2)29-16-20(14-25(29)31)26-28-22-11-5-6-12-24(22)30(26)15-19-9-3-4-10-21(19)27/h3-13,20H,14-16H2,1-2H3. The summed E-state index contributed by atoms with van der Waals surface area (Å²) in [6.45, 7) is 5.07. The summed E-state index contributed by atoms with van der Waals surface area (Å²) in [5, 5.41) is 0. The number of aryl methyl sites for hydroxylation is 1. The second kappa shape index (κ2) is 7.65. The van der Waals surface area contributed by atoms with Crippen LogP contribution in [0.2, 0.25) is 0 Å². The van der Waals surface area contributed by atoms with Gasteiger partial charge in [0.2, 0.25) is 5.91 Å². The minimum atomic E-state index is -0.231. The van der Waals surface area contributed by atoms with E-state index < -0.39 is 0 Å². The molecule has 0 spiro atoms. The minimum Gasteiger partial charge on any atom is -0.323 e. The fraction of sp³-hybridized carbons (Fsp3) is 0.231. The largest absolute Gasteiger partial charge is 0.323 e. The molecule has 156 valence electrons. The number of carbonyl (C=O) groups is 1. The highest BCUT2D eigenvalue weighted by molar-refractivity contribution is 5.97. The minimum absolute atomic E-state index is 0.0495. The number of fused-ring (bicyclic) bond motifs is 1. The van der Waals surface area contributed by atoms with E-state index in [0.29, 0.717) is 25.1 Å². The van der Waals surface area contributed by atoms with Crippen LogP contribution in [-0.4, -0.2) is 22.0 Å². The van der Waals surface area contributed by atoms with Crippen molar-refractivity contribution in [2.45, 2.75) is 32.7 Å². The molecule has 4 nitrogen and oxygen atoms in total. The number of benzene rings is 3. The fourth-order valence-electron chi connectivity index (χ4n) is 4.51. The third kappa shape index (κ3) is 3.40. The smallest absolute Gasteiger partial charge is 0.227 e. The molecule has 0 bridgehead atoms. The molecule has 0 aliphatic carbocycles. The van der Waals surface area contributed by atoms with Gasteiger partial charge in [-0.3, -0.25) is 4.79 Å².